The number of nitrogens with zero attached hydrogens (tertiary/aromatic N) is 2. The van der Waals surface area contributed by atoms with Gasteiger partial charge in [-0.25, -0.2) is 0 Å². The molecule has 2 aromatic rings. The lowest BCUT2D eigenvalue weighted by Gasteiger charge is -2.21. The summed E-state index contributed by atoms with van der Waals surface area (Å²) in [5.41, 5.74) is 1.93. The summed E-state index contributed by atoms with van der Waals surface area (Å²) in [6, 6.07) is 16.6. The van der Waals surface area contributed by atoms with Crippen LogP contribution in [0, 0.1) is 0 Å². The molecule has 7 heteroatoms. The molecule has 0 aromatic heterocycles. The fraction of sp³-hybridized carbons (Fsp3) is 0.375. The zero-order valence-electron chi connectivity index (χ0n) is 18.1. The Morgan fingerprint density at radius 1 is 0.935 bits per heavy atom. The van der Waals surface area contributed by atoms with Crippen molar-refractivity contribution in [3.63, 3.8) is 0 Å². The van der Waals surface area contributed by atoms with Gasteiger partial charge in [0, 0.05) is 33.1 Å². The zero-order valence-corrected chi connectivity index (χ0v) is 18.1. The number of hydrogen-bond acceptors (Lipinski definition) is 4. The first-order valence-electron chi connectivity index (χ1n) is 10.7. The van der Waals surface area contributed by atoms with Crippen LogP contribution in [0.2, 0.25) is 0 Å². The van der Waals surface area contributed by atoms with Crippen molar-refractivity contribution in [2.45, 2.75) is 26.3 Å². The van der Waals surface area contributed by atoms with Crippen LogP contribution in [-0.2, 0) is 9.59 Å². The standard InChI is InChI=1S/C24H30N4O3/c1-18(20-9-4-3-5-10-20)25-24(31)21-11-6-7-12-22(21)26-23(30)17-27-13-8-14-28(16-15-27)19(2)29/h3-7,9-12,18H,8,13-17H2,1-2H3,(H,25,31)(H,26,30). The van der Waals surface area contributed by atoms with Crippen molar-refractivity contribution in [3.8, 4) is 0 Å². The molecule has 1 saturated heterocycles. The van der Waals surface area contributed by atoms with Crippen molar-refractivity contribution in [3.05, 3.63) is 65.7 Å². The Balaban J connectivity index is 1.60. The van der Waals surface area contributed by atoms with Crippen molar-refractivity contribution in [2.24, 2.45) is 0 Å². The molecule has 0 spiro atoms. The zero-order chi connectivity index (χ0) is 22.2. The van der Waals surface area contributed by atoms with Crippen molar-refractivity contribution in [1.29, 1.82) is 0 Å². The maximum Gasteiger partial charge on any atom is 0.253 e. The average molecular weight is 423 g/mol. The second kappa shape index (κ2) is 10.7. The predicted octanol–water partition coefficient (Wildman–Crippen LogP) is 2.67. The van der Waals surface area contributed by atoms with Gasteiger partial charge in [0.05, 0.1) is 23.8 Å². The number of rotatable bonds is 6. The summed E-state index contributed by atoms with van der Waals surface area (Å²) in [6.07, 6.45) is 0.837. The summed E-state index contributed by atoms with van der Waals surface area (Å²) in [5.74, 6) is -0.345. The summed E-state index contributed by atoms with van der Waals surface area (Å²) in [6.45, 7) is 6.48. The topological polar surface area (TPSA) is 81.8 Å². The number of amides is 3. The number of para-hydroxylation sites is 1. The molecule has 1 aliphatic heterocycles. The van der Waals surface area contributed by atoms with E-state index in [4.69, 9.17) is 0 Å². The third-order valence-electron chi connectivity index (χ3n) is 5.49. The molecule has 1 unspecified atom stereocenters. The van der Waals surface area contributed by atoms with E-state index in [1.54, 1.807) is 31.2 Å². The van der Waals surface area contributed by atoms with E-state index in [0.29, 0.717) is 24.3 Å². The van der Waals surface area contributed by atoms with Crippen LogP contribution in [0.4, 0.5) is 5.69 Å². The van der Waals surface area contributed by atoms with E-state index in [1.807, 2.05) is 47.1 Å². The number of benzene rings is 2. The lowest BCUT2D eigenvalue weighted by Crippen LogP contribution is -2.37. The van der Waals surface area contributed by atoms with Crippen molar-refractivity contribution >= 4 is 23.4 Å². The SMILES string of the molecule is CC(=O)N1CCCN(CC(=O)Nc2ccccc2C(=O)NC(C)c2ccccc2)CC1. The number of hydrogen-bond donors (Lipinski definition) is 2. The molecule has 1 fully saturated rings. The van der Waals surface area contributed by atoms with Crippen molar-refractivity contribution < 1.29 is 14.4 Å². The Morgan fingerprint density at radius 3 is 2.39 bits per heavy atom. The minimum atomic E-state index is -0.237. The molecular formula is C24H30N4O3. The number of carbonyl (C=O) groups excluding carboxylic acids is 3. The van der Waals surface area contributed by atoms with E-state index in [0.717, 1.165) is 25.1 Å². The molecule has 3 rings (SSSR count). The first-order chi connectivity index (χ1) is 14.9. The summed E-state index contributed by atoms with van der Waals surface area (Å²) in [4.78, 5) is 40.9. The van der Waals surface area contributed by atoms with Gasteiger partial charge >= 0.3 is 0 Å². The van der Waals surface area contributed by atoms with Crippen molar-refractivity contribution in [2.75, 3.05) is 38.0 Å². The van der Waals surface area contributed by atoms with Gasteiger partial charge in [-0.3, -0.25) is 19.3 Å². The normalized spacial score (nSPS) is 15.6. The molecule has 1 atom stereocenters. The van der Waals surface area contributed by atoms with Gasteiger partial charge in [-0.2, -0.15) is 0 Å². The van der Waals surface area contributed by atoms with Crippen LogP contribution < -0.4 is 10.6 Å². The van der Waals surface area contributed by atoms with Gasteiger partial charge in [0.25, 0.3) is 5.91 Å². The summed E-state index contributed by atoms with van der Waals surface area (Å²) < 4.78 is 0. The predicted molar refractivity (Wildman–Crippen MR) is 121 cm³/mol. The van der Waals surface area contributed by atoms with E-state index >= 15 is 0 Å². The Kier molecular flexibility index (Phi) is 7.78. The highest BCUT2D eigenvalue weighted by molar-refractivity contribution is 6.04. The molecular weight excluding hydrogens is 392 g/mol. The number of nitrogens with one attached hydrogen (secondary N) is 2. The van der Waals surface area contributed by atoms with E-state index in [-0.39, 0.29) is 30.3 Å². The van der Waals surface area contributed by atoms with Crippen LogP contribution in [0.25, 0.3) is 0 Å². The molecule has 0 aliphatic carbocycles. The maximum atomic E-state index is 12.9. The summed E-state index contributed by atoms with van der Waals surface area (Å²) in [5, 5.41) is 5.88. The minimum Gasteiger partial charge on any atom is -0.345 e. The van der Waals surface area contributed by atoms with Gasteiger partial charge in [0.2, 0.25) is 11.8 Å². The van der Waals surface area contributed by atoms with Crippen LogP contribution >= 0.6 is 0 Å². The van der Waals surface area contributed by atoms with E-state index < -0.39 is 0 Å². The Labute approximate surface area is 183 Å². The summed E-state index contributed by atoms with van der Waals surface area (Å²) >= 11 is 0. The number of carbonyl (C=O) groups is 3. The summed E-state index contributed by atoms with van der Waals surface area (Å²) in [7, 11) is 0. The van der Waals surface area contributed by atoms with Gasteiger partial charge in [-0.15, -0.1) is 0 Å². The molecule has 0 saturated carbocycles. The molecule has 0 radical (unpaired) electrons. The molecule has 0 bridgehead atoms. The van der Waals surface area contributed by atoms with Crippen molar-refractivity contribution in [1.82, 2.24) is 15.1 Å². The minimum absolute atomic E-state index is 0.0657. The van der Waals surface area contributed by atoms with E-state index in [9.17, 15) is 14.4 Å². The van der Waals surface area contributed by atoms with E-state index in [2.05, 4.69) is 10.6 Å². The molecule has 2 N–H and O–H groups in total. The van der Waals surface area contributed by atoms with Gasteiger partial charge in [-0.1, -0.05) is 42.5 Å². The van der Waals surface area contributed by atoms with Gasteiger partial charge in [0.1, 0.15) is 0 Å². The second-order valence-electron chi connectivity index (χ2n) is 7.84. The third kappa shape index (κ3) is 6.39. The van der Waals surface area contributed by atoms with Gasteiger partial charge in [-0.05, 0) is 31.0 Å². The fourth-order valence-electron chi connectivity index (χ4n) is 3.73. The van der Waals surface area contributed by atoms with Gasteiger partial charge < -0.3 is 15.5 Å². The average Bonchev–Trinajstić information content (AvgIpc) is 3.00. The second-order valence-corrected chi connectivity index (χ2v) is 7.84. The maximum absolute atomic E-state index is 12.9. The highest BCUT2D eigenvalue weighted by Gasteiger charge is 2.20. The largest absolute Gasteiger partial charge is 0.345 e. The molecule has 31 heavy (non-hydrogen) atoms. The smallest absolute Gasteiger partial charge is 0.253 e. The van der Waals surface area contributed by atoms with Crippen LogP contribution in [0.1, 0.15) is 42.2 Å². The lowest BCUT2D eigenvalue weighted by molar-refractivity contribution is -0.128. The number of anilines is 1. The highest BCUT2D eigenvalue weighted by atomic mass is 16.2. The highest BCUT2D eigenvalue weighted by Crippen LogP contribution is 2.18. The molecule has 3 amide bonds. The fourth-order valence-corrected chi connectivity index (χ4v) is 3.73. The monoisotopic (exact) mass is 422 g/mol. The van der Waals surface area contributed by atoms with Crippen LogP contribution in [0.5, 0.6) is 0 Å². The van der Waals surface area contributed by atoms with Crippen LogP contribution in [-0.4, -0.2) is 60.2 Å². The van der Waals surface area contributed by atoms with Crippen LogP contribution in [0.3, 0.4) is 0 Å². The molecule has 1 heterocycles. The lowest BCUT2D eigenvalue weighted by atomic mass is 10.1. The molecule has 2 aromatic carbocycles. The van der Waals surface area contributed by atoms with E-state index in [1.165, 1.54) is 0 Å². The molecule has 164 valence electrons. The molecule has 1 aliphatic rings. The molecule has 7 nitrogen and oxygen atoms in total. The Hall–Kier alpha value is -3.19. The van der Waals surface area contributed by atoms with Crippen LogP contribution in [0.15, 0.2) is 54.6 Å². The van der Waals surface area contributed by atoms with Gasteiger partial charge in [0.15, 0.2) is 0 Å². The third-order valence-corrected chi connectivity index (χ3v) is 5.49. The first kappa shape index (κ1) is 22.5. The Bertz CT molecular complexity index is 916. The quantitative estimate of drug-likeness (QED) is 0.750. The first-order valence-corrected chi connectivity index (χ1v) is 10.7. The Morgan fingerprint density at radius 2 is 1.65 bits per heavy atom.